The third-order valence-electron chi connectivity index (χ3n) is 4.83. The minimum Gasteiger partial charge on any atom is -0.370 e. The lowest BCUT2D eigenvalue weighted by molar-refractivity contribution is 0.626. The Hall–Kier alpha value is -3.61. The Labute approximate surface area is 173 Å². The maximum Gasteiger partial charge on any atom is 0.274 e. The zero-order valence-electron chi connectivity index (χ0n) is 16.7. The summed E-state index contributed by atoms with van der Waals surface area (Å²) in [7, 11) is 0. The van der Waals surface area contributed by atoms with Gasteiger partial charge in [0.1, 0.15) is 17.5 Å². The minimum atomic E-state index is -0.221. The van der Waals surface area contributed by atoms with Crippen molar-refractivity contribution in [1.82, 2.24) is 19.7 Å². The minimum absolute atomic E-state index is 0.141. The molecule has 30 heavy (non-hydrogen) atoms. The zero-order chi connectivity index (χ0) is 20.9. The number of fused-ring (bicyclic) bond motifs is 1. The number of hydrogen-bond donors (Lipinski definition) is 1. The van der Waals surface area contributed by atoms with Gasteiger partial charge >= 0.3 is 0 Å². The van der Waals surface area contributed by atoms with Gasteiger partial charge in [-0.2, -0.15) is 5.10 Å². The Morgan fingerprint density at radius 1 is 1.07 bits per heavy atom. The summed E-state index contributed by atoms with van der Waals surface area (Å²) in [6.45, 7) is 2.82. The molecule has 0 radical (unpaired) electrons. The molecule has 0 fully saturated rings. The van der Waals surface area contributed by atoms with E-state index in [4.69, 9.17) is 0 Å². The van der Waals surface area contributed by atoms with E-state index in [1.165, 1.54) is 16.8 Å². The zero-order valence-corrected chi connectivity index (χ0v) is 16.7. The second kappa shape index (κ2) is 8.82. The number of aromatic nitrogens is 4. The van der Waals surface area contributed by atoms with Crippen LogP contribution in [0.2, 0.25) is 0 Å². The number of nitrogens with one attached hydrogen (secondary N) is 1. The predicted molar refractivity (Wildman–Crippen MR) is 115 cm³/mol. The molecule has 4 aromatic rings. The van der Waals surface area contributed by atoms with Crippen molar-refractivity contribution in [3.05, 3.63) is 94.0 Å². The first kappa shape index (κ1) is 19.7. The highest BCUT2D eigenvalue weighted by Gasteiger charge is 2.07. The Kier molecular flexibility index (Phi) is 5.79. The molecule has 2 aromatic carbocycles. The van der Waals surface area contributed by atoms with Gasteiger partial charge < -0.3 is 5.32 Å². The lowest BCUT2D eigenvalue weighted by atomic mass is 10.1. The van der Waals surface area contributed by atoms with E-state index >= 15 is 0 Å². The molecule has 4 rings (SSSR count). The number of aryl methyl sites for hydroxylation is 2. The molecular formula is C23H22FN5O. The highest BCUT2D eigenvalue weighted by molar-refractivity contribution is 5.80. The van der Waals surface area contributed by atoms with Gasteiger partial charge in [0.25, 0.3) is 5.56 Å². The van der Waals surface area contributed by atoms with Gasteiger partial charge in [-0.05, 0) is 43.5 Å². The van der Waals surface area contributed by atoms with Gasteiger partial charge in [0.05, 0.1) is 23.8 Å². The Bertz CT molecular complexity index is 1220. The van der Waals surface area contributed by atoms with Crippen LogP contribution in [0.25, 0.3) is 10.8 Å². The van der Waals surface area contributed by atoms with Gasteiger partial charge in [-0.15, -0.1) is 0 Å². The molecule has 0 aliphatic heterocycles. The van der Waals surface area contributed by atoms with Gasteiger partial charge in [-0.3, -0.25) is 4.79 Å². The normalized spacial score (nSPS) is 11.0. The summed E-state index contributed by atoms with van der Waals surface area (Å²) in [5, 5.41) is 9.03. The third kappa shape index (κ3) is 4.68. The van der Waals surface area contributed by atoms with E-state index < -0.39 is 0 Å². The first-order chi connectivity index (χ1) is 14.6. The van der Waals surface area contributed by atoms with E-state index in [1.54, 1.807) is 24.4 Å². The topological polar surface area (TPSA) is 72.7 Å². The average Bonchev–Trinajstić information content (AvgIpc) is 2.74. The van der Waals surface area contributed by atoms with Crippen LogP contribution in [-0.4, -0.2) is 26.3 Å². The smallest absolute Gasteiger partial charge is 0.274 e. The highest BCUT2D eigenvalue weighted by Crippen LogP contribution is 2.11. The SMILES string of the molecule is Cc1nc(Cn2ncc3ccccc3c2=O)cc(NCCCc2ccc(F)cc2)n1. The number of benzene rings is 2. The van der Waals surface area contributed by atoms with Crippen LogP contribution in [0.4, 0.5) is 10.2 Å². The first-order valence-electron chi connectivity index (χ1n) is 9.86. The molecule has 0 spiro atoms. The maximum atomic E-state index is 13.0. The molecule has 152 valence electrons. The van der Waals surface area contributed by atoms with Crippen LogP contribution in [-0.2, 0) is 13.0 Å². The standard InChI is InChI=1S/C23H22FN5O/c1-16-27-20(15-29-23(30)21-7-3-2-6-18(21)14-26-29)13-22(28-16)25-12-4-5-17-8-10-19(24)11-9-17/h2-3,6-11,13-14H,4-5,12,15H2,1H3,(H,25,27,28). The maximum absolute atomic E-state index is 13.0. The Balaban J connectivity index is 1.42. The molecular weight excluding hydrogens is 381 g/mol. The fourth-order valence-electron chi connectivity index (χ4n) is 3.35. The van der Waals surface area contributed by atoms with Crippen molar-refractivity contribution in [3.63, 3.8) is 0 Å². The highest BCUT2D eigenvalue weighted by atomic mass is 19.1. The van der Waals surface area contributed by atoms with Crippen LogP contribution in [0.3, 0.4) is 0 Å². The molecule has 0 saturated heterocycles. The Morgan fingerprint density at radius 2 is 1.87 bits per heavy atom. The summed E-state index contributed by atoms with van der Waals surface area (Å²) in [6.07, 6.45) is 3.43. The van der Waals surface area contributed by atoms with Crippen LogP contribution >= 0.6 is 0 Å². The average molecular weight is 403 g/mol. The van der Waals surface area contributed by atoms with Crippen molar-refractivity contribution in [2.75, 3.05) is 11.9 Å². The van der Waals surface area contributed by atoms with Crippen molar-refractivity contribution < 1.29 is 4.39 Å². The van der Waals surface area contributed by atoms with Crippen molar-refractivity contribution in [2.24, 2.45) is 0 Å². The lowest BCUT2D eigenvalue weighted by Crippen LogP contribution is -2.24. The van der Waals surface area contributed by atoms with Crippen LogP contribution in [0, 0.1) is 12.7 Å². The fourth-order valence-corrected chi connectivity index (χ4v) is 3.35. The van der Waals surface area contributed by atoms with E-state index in [2.05, 4.69) is 20.4 Å². The fraction of sp³-hybridized carbons (Fsp3) is 0.217. The Morgan fingerprint density at radius 3 is 2.70 bits per heavy atom. The molecule has 2 aromatic heterocycles. The summed E-state index contributed by atoms with van der Waals surface area (Å²) in [5.74, 6) is 1.12. The van der Waals surface area contributed by atoms with E-state index in [9.17, 15) is 9.18 Å². The number of nitrogens with zero attached hydrogens (tertiary/aromatic N) is 4. The molecule has 7 heteroatoms. The summed E-state index contributed by atoms with van der Waals surface area (Å²) in [5.41, 5.74) is 1.67. The van der Waals surface area contributed by atoms with Crippen LogP contribution < -0.4 is 10.9 Å². The van der Waals surface area contributed by atoms with E-state index in [-0.39, 0.29) is 17.9 Å². The third-order valence-corrected chi connectivity index (χ3v) is 4.83. The predicted octanol–water partition coefficient (Wildman–Crippen LogP) is 3.73. The molecule has 0 amide bonds. The molecule has 1 N–H and O–H groups in total. The second-order valence-corrected chi connectivity index (χ2v) is 7.14. The molecule has 0 saturated carbocycles. The monoisotopic (exact) mass is 403 g/mol. The van der Waals surface area contributed by atoms with Crippen molar-refractivity contribution in [3.8, 4) is 0 Å². The molecule has 2 heterocycles. The molecule has 0 atom stereocenters. The van der Waals surface area contributed by atoms with E-state index in [1.807, 2.05) is 31.2 Å². The van der Waals surface area contributed by atoms with Gasteiger partial charge in [0.2, 0.25) is 0 Å². The summed E-state index contributed by atoms with van der Waals surface area (Å²) < 4.78 is 14.4. The summed E-state index contributed by atoms with van der Waals surface area (Å²) in [4.78, 5) is 21.6. The molecule has 0 aliphatic carbocycles. The summed E-state index contributed by atoms with van der Waals surface area (Å²) in [6, 6.07) is 15.8. The van der Waals surface area contributed by atoms with Crippen molar-refractivity contribution >= 4 is 16.6 Å². The number of halogens is 1. The van der Waals surface area contributed by atoms with E-state index in [0.29, 0.717) is 22.7 Å². The second-order valence-electron chi connectivity index (χ2n) is 7.14. The quantitative estimate of drug-likeness (QED) is 0.476. The summed E-state index contributed by atoms with van der Waals surface area (Å²) >= 11 is 0. The molecule has 0 unspecified atom stereocenters. The molecule has 0 aliphatic rings. The van der Waals surface area contributed by atoms with E-state index in [0.717, 1.165) is 30.3 Å². The number of hydrogen-bond acceptors (Lipinski definition) is 5. The first-order valence-corrected chi connectivity index (χ1v) is 9.86. The van der Waals surface area contributed by atoms with Crippen molar-refractivity contribution in [2.45, 2.75) is 26.3 Å². The molecule has 6 nitrogen and oxygen atoms in total. The molecule has 0 bridgehead atoms. The van der Waals surface area contributed by atoms with Crippen molar-refractivity contribution in [1.29, 1.82) is 0 Å². The van der Waals surface area contributed by atoms with Gasteiger partial charge in [-0.1, -0.05) is 30.3 Å². The van der Waals surface area contributed by atoms with Gasteiger partial charge in [-0.25, -0.2) is 19.0 Å². The van der Waals surface area contributed by atoms with Gasteiger partial charge in [0.15, 0.2) is 0 Å². The van der Waals surface area contributed by atoms with Crippen LogP contribution in [0.15, 0.2) is 65.6 Å². The van der Waals surface area contributed by atoms with Crippen LogP contribution in [0.5, 0.6) is 0 Å². The largest absolute Gasteiger partial charge is 0.370 e. The van der Waals surface area contributed by atoms with Crippen LogP contribution in [0.1, 0.15) is 23.5 Å². The number of anilines is 1. The van der Waals surface area contributed by atoms with Gasteiger partial charge in [0, 0.05) is 18.0 Å². The number of rotatable bonds is 7. The lowest BCUT2D eigenvalue weighted by Gasteiger charge is -2.10.